The summed E-state index contributed by atoms with van der Waals surface area (Å²) in [5.74, 6) is -24.8. The number of halogens is 10. The molecule has 0 aromatic heterocycles. The smallest absolute Gasteiger partial charge is 0.204 e. The lowest BCUT2D eigenvalue weighted by Gasteiger charge is -2.29. The third kappa shape index (κ3) is 4.83. The fourth-order valence-electron chi connectivity index (χ4n) is 6.22. The topological polar surface area (TPSA) is 0 Å². The van der Waals surface area contributed by atoms with Crippen LogP contribution in [0.2, 0.25) is 0 Å². The molecule has 0 aliphatic heterocycles. The first kappa shape index (κ1) is 33.6. The highest BCUT2D eigenvalue weighted by Gasteiger charge is 2.46. The minimum Gasteiger partial charge on any atom is -0.204 e. The molecule has 0 saturated carbocycles. The van der Waals surface area contributed by atoms with Crippen molar-refractivity contribution in [2.75, 3.05) is 0 Å². The molecule has 46 heavy (non-hydrogen) atoms. The Morgan fingerprint density at radius 2 is 0.848 bits per heavy atom. The second-order valence-electron chi connectivity index (χ2n) is 14.3. The van der Waals surface area contributed by atoms with E-state index in [4.69, 9.17) is 0 Å². The van der Waals surface area contributed by atoms with Gasteiger partial charge in [-0.1, -0.05) is 91.2 Å². The lowest BCUT2D eigenvalue weighted by Crippen LogP contribution is -2.59. The van der Waals surface area contributed by atoms with Crippen molar-refractivity contribution < 1.29 is 43.9 Å². The van der Waals surface area contributed by atoms with Gasteiger partial charge in [0, 0.05) is 16.3 Å². The van der Waals surface area contributed by atoms with Gasteiger partial charge in [0.1, 0.15) is 0 Å². The molecule has 0 fully saturated rings. The van der Waals surface area contributed by atoms with E-state index in [0.717, 1.165) is 5.56 Å². The highest BCUT2D eigenvalue weighted by atomic mass is 19.2. The van der Waals surface area contributed by atoms with Gasteiger partial charge in [-0.25, -0.2) is 43.9 Å². The van der Waals surface area contributed by atoms with Crippen molar-refractivity contribution in [1.82, 2.24) is 0 Å². The maximum absolute atomic E-state index is 15.7. The fourth-order valence-corrected chi connectivity index (χ4v) is 6.22. The molecule has 0 saturated heterocycles. The van der Waals surface area contributed by atoms with Crippen molar-refractivity contribution in [3.05, 3.63) is 111 Å². The van der Waals surface area contributed by atoms with Crippen LogP contribution in [0.4, 0.5) is 43.9 Å². The zero-order valence-corrected chi connectivity index (χ0v) is 26.2. The second kappa shape index (κ2) is 10.6. The molecule has 0 spiro atoms. The van der Waals surface area contributed by atoms with E-state index in [9.17, 15) is 26.3 Å². The fraction of sp³-hybridized carbons (Fsp3) is 0.314. The van der Waals surface area contributed by atoms with Gasteiger partial charge in [-0.15, -0.1) is 0 Å². The minimum absolute atomic E-state index is 0.117. The third-order valence-corrected chi connectivity index (χ3v) is 8.91. The van der Waals surface area contributed by atoms with Crippen molar-refractivity contribution in [3.63, 3.8) is 0 Å². The summed E-state index contributed by atoms with van der Waals surface area (Å²) in [6, 6.07) is 8.35. The van der Waals surface area contributed by atoms with Gasteiger partial charge in [0.2, 0.25) is 0 Å². The van der Waals surface area contributed by atoms with Gasteiger partial charge < -0.3 is 0 Å². The lowest BCUT2D eigenvalue weighted by atomic mass is 9.35. The predicted octanol–water partition coefficient (Wildman–Crippen LogP) is 8.50. The van der Waals surface area contributed by atoms with Crippen LogP contribution in [0.3, 0.4) is 0 Å². The van der Waals surface area contributed by atoms with Crippen LogP contribution in [0.25, 0.3) is 11.1 Å². The molecule has 11 heteroatoms. The van der Waals surface area contributed by atoms with Gasteiger partial charge in [0.15, 0.2) is 58.2 Å². The van der Waals surface area contributed by atoms with Gasteiger partial charge >= 0.3 is 0 Å². The molecule has 0 nitrogen and oxygen atoms in total. The molecule has 242 valence electrons. The van der Waals surface area contributed by atoms with E-state index < -0.39 is 92.1 Å². The molecular formula is C35H29BF10. The lowest BCUT2D eigenvalue weighted by molar-refractivity contribution is 0.382. The quantitative estimate of drug-likeness (QED) is 0.0904. The second-order valence-corrected chi connectivity index (χ2v) is 14.3. The Hall–Kier alpha value is -3.76. The van der Waals surface area contributed by atoms with Crippen LogP contribution in [0.5, 0.6) is 0 Å². The van der Waals surface area contributed by atoms with Crippen LogP contribution < -0.4 is 16.4 Å². The first-order valence-corrected chi connectivity index (χ1v) is 14.4. The number of hydrogen-bond acceptors (Lipinski definition) is 0. The van der Waals surface area contributed by atoms with Gasteiger partial charge in [-0.2, -0.15) is 0 Å². The Labute approximate surface area is 260 Å². The van der Waals surface area contributed by atoms with Gasteiger partial charge in [-0.05, 0) is 44.2 Å². The summed E-state index contributed by atoms with van der Waals surface area (Å²) in [5, 5.41) is 0. The SMILES string of the molecule is CC(C)(C)c1ccc2c(c1)C(C)(C)c1cc(C(C)(C)C)cc(B(c3c(F)c(F)c(F)c(F)c3F)c3c(F)c(F)c(F)c(F)c3F)c1-2. The van der Waals surface area contributed by atoms with Crippen molar-refractivity contribution in [2.45, 2.75) is 71.6 Å². The molecule has 5 rings (SSSR count). The molecule has 0 atom stereocenters. The van der Waals surface area contributed by atoms with Crippen LogP contribution in [0.1, 0.15) is 77.6 Å². The maximum atomic E-state index is 15.7. The third-order valence-electron chi connectivity index (χ3n) is 8.91. The summed E-state index contributed by atoms with van der Waals surface area (Å²) in [5.41, 5.74) is -2.96. The Morgan fingerprint density at radius 1 is 0.478 bits per heavy atom. The van der Waals surface area contributed by atoms with E-state index in [0.29, 0.717) is 22.3 Å². The summed E-state index contributed by atoms with van der Waals surface area (Å²) in [6.07, 6.45) is 0. The number of benzene rings is 4. The van der Waals surface area contributed by atoms with Crippen LogP contribution >= 0.6 is 0 Å². The molecule has 1 aliphatic rings. The molecule has 0 N–H and O–H groups in total. The van der Waals surface area contributed by atoms with Crippen molar-refractivity contribution >= 4 is 23.1 Å². The van der Waals surface area contributed by atoms with Crippen molar-refractivity contribution in [2.24, 2.45) is 0 Å². The van der Waals surface area contributed by atoms with Gasteiger partial charge in [0.05, 0.1) is 0 Å². The van der Waals surface area contributed by atoms with E-state index in [2.05, 4.69) is 0 Å². The molecule has 1 aliphatic carbocycles. The molecule has 4 aromatic rings. The standard InChI is InChI=1S/C35H29BF10/c1-33(2,3)14-9-10-16-17(11-14)35(7,8)18-12-15(34(4,5)6)13-19(20(16)18)36(21-23(37)27(41)31(45)28(42)24(21)38)22-25(39)29(43)32(46)30(44)26(22)40/h9-13H,1-8H3. The average molecular weight is 650 g/mol. The summed E-state index contributed by atoms with van der Waals surface area (Å²) < 4.78 is 150. The van der Waals surface area contributed by atoms with E-state index in [1.54, 1.807) is 39.0 Å². The number of fused-ring (bicyclic) bond motifs is 3. The highest BCUT2D eigenvalue weighted by molar-refractivity contribution is 6.96. The molecule has 0 amide bonds. The monoisotopic (exact) mass is 650 g/mol. The number of rotatable bonds is 3. The van der Waals surface area contributed by atoms with Gasteiger partial charge in [0.25, 0.3) is 6.71 Å². The zero-order valence-electron chi connectivity index (χ0n) is 26.2. The van der Waals surface area contributed by atoms with E-state index in [1.165, 1.54) is 6.07 Å². The van der Waals surface area contributed by atoms with E-state index in [1.807, 2.05) is 40.7 Å². The van der Waals surface area contributed by atoms with E-state index >= 15 is 17.6 Å². The summed E-state index contributed by atoms with van der Waals surface area (Å²) in [4.78, 5) is 0. The van der Waals surface area contributed by atoms with Crippen molar-refractivity contribution in [1.29, 1.82) is 0 Å². The van der Waals surface area contributed by atoms with Crippen molar-refractivity contribution in [3.8, 4) is 11.1 Å². The Balaban J connectivity index is 2.06. The maximum Gasteiger partial charge on any atom is 0.257 e. The largest absolute Gasteiger partial charge is 0.257 e. The first-order valence-electron chi connectivity index (χ1n) is 14.4. The molecular weight excluding hydrogens is 621 g/mol. The molecule has 0 radical (unpaired) electrons. The van der Waals surface area contributed by atoms with Crippen LogP contribution in [-0.4, -0.2) is 6.71 Å². The van der Waals surface area contributed by atoms with Crippen LogP contribution in [-0.2, 0) is 16.2 Å². The van der Waals surface area contributed by atoms with Gasteiger partial charge in [-0.3, -0.25) is 0 Å². The normalized spacial score (nSPS) is 14.0. The molecule has 4 aromatic carbocycles. The Bertz CT molecular complexity index is 1820. The average Bonchev–Trinajstić information content (AvgIpc) is 3.21. The van der Waals surface area contributed by atoms with E-state index in [-0.39, 0.29) is 11.0 Å². The molecule has 0 unspecified atom stereocenters. The molecule has 0 bridgehead atoms. The molecule has 0 heterocycles. The predicted molar refractivity (Wildman–Crippen MR) is 159 cm³/mol. The zero-order chi connectivity index (χ0) is 34.6. The van der Waals surface area contributed by atoms with Crippen LogP contribution in [0.15, 0.2) is 30.3 Å². The number of hydrogen-bond donors (Lipinski definition) is 0. The highest BCUT2D eigenvalue weighted by Crippen LogP contribution is 2.50. The first-order chi connectivity index (χ1) is 21.0. The summed E-state index contributed by atoms with van der Waals surface area (Å²) in [6.45, 7) is 12.1. The Kier molecular flexibility index (Phi) is 7.77. The van der Waals surface area contributed by atoms with Crippen LogP contribution in [0, 0.1) is 58.2 Å². The summed E-state index contributed by atoms with van der Waals surface area (Å²) in [7, 11) is 0. The minimum atomic E-state index is -2.67. The summed E-state index contributed by atoms with van der Waals surface area (Å²) >= 11 is 0. The Morgan fingerprint density at radius 3 is 1.24 bits per heavy atom.